The van der Waals surface area contributed by atoms with E-state index in [-0.39, 0.29) is 11.8 Å². The Morgan fingerprint density at radius 2 is 1.47 bits per heavy atom. The van der Waals surface area contributed by atoms with Gasteiger partial charge in [-0.2, -0.15) is 0 Å². The van der Waals surface area contributed by atoms with Crippen LogP contribution in [0.4, 0.5) is 0 Å². The highest BCUT2D eigenvalue weighted by atomic mass is 16.1. The van der Waals surface area contributed by atoms with Crippen LogP contribution in [0, 0.1) is 0 Å². The molecule has 0 aliphatic carbocycles. The van der Waals surface area contributed by atoms with Crippen molar-refractivity contribution in [2.45, 2.75) is 6.04 Å². The smallest absolute Gasteiger partial charge is 0.209 e. The van der Waals surface area contributed by atoms with Gasteiger partial charge in [-0.05, 0) is 5.56 Å². The molecule has 0 radical (unpaired) electrons. The molecule has 2 aromatic carbocycles. The predicted molar refractivity (Wildman–Crippen MR) is 67.4 cm³/mol. The standard InChI is InChI=1S/C15H11NO/c17-15(12-9-5-2-6-10-12)14-13(16-14)11-7-3-1-4-8-11/h1-10,13H. The van der Waals surface area contributed by atoms with Crippen LogP contribution < -0.4 is 0 Å². The number of Topliss-reactive ketones (excluding diaryl/α,β-unsaturated/α-hetero) is 1. The maximum Gasteiger partial charge on any atom is 0.209 e. The summed E-state index contributed by atoms with van der Waals surface area (Å²) in [6.07, 6.45) is 0. The van der Waals surface area contributed by atoms with Gasteiger partial charge in [-0.3, -0.25) is 9.79 Å². The quantitative estimate of drug-likeness (QED) is 0.732. The minimum absolute atomic E-state index is 0.0242. The van der Waals surface area contributed by atoms with Gasteiger partial charge in [-0.25, -0.2) is 0 Å². The highest BCUT2D eigenvalue weighted by Crippen LogP contribution is 2.32. The van der Waals surface area contributed by atoms with Gasteiger partial charge in [0.25, 0.3) is 0 Å². The molecule has 0 N–H and O–H groups in total. The summed E-state index contributed by atoms with van der Waals surface area (Å²) in [5, 5.41) is 0. The van der Waals surface area contributed by atoms with Gasteiger partial charge < -0.3 is 0 Å². The molecule has 1 atom stereocenters. The first-order valence-electron chi connectivity index (χ1n) is 5.58. The molecule has 3 rings (SSSR count). The molecule has 0 aromatic heterocycles. The van der Waals surface area contributed by atoms with Gasteiger partial charge in [0.2, 0.25) is 5.78 Å². The van der Waals surface area contributed by atoms with E-state index in [9.17, 15) is 4.79 Å². The lowest BCUT2D eigenvalue weighted by atomic mass is 10.0. The molecular formula is C15H11NO. The summed E-state index contributed by atoms with van der Waals surface area (Å²) >= 11 is 0. The Balaban J connectivity index is 1.78. The van der Waals surface area contributed by atoms with Crippen molar-refractivity contribution in [1.29, 1.82) is 0 Å². The SMILES string of the molecule is O=C(C1=NC1c1ccccc1)c1ccccc1. The van der Waals surface area contributed by atoms with Crippen LogP contribution in [0.2, 0.25) is 0 Å². The van der Waals surface area contributed by atoms with E-state index in [1.54, 1.807) is 0 Å². The number of carbonyl (C=O) groups is 1. The molecule has 2 nitrogen and oxygen atoms in total. The van der Waals surface area contributed by atoms with Crippen molar-refractivity contribution in [3.05, 3.63) is 71.8 Å². The van der Waals surface area contributed by atoms with Gasteiger partial charge in [0, 0.05) is 5.56 Å². The second-order valence-electron chi connectivity index (χ2n) is 4.02. The van der Waals surface area contributed by atoms with Crippen molar-refractivity contribution in [2.75, 3.05) is 0 Å². The summed E-state index contributed by atoms with van der Waals surface area (Å²) in [4.78, 5) is 16.3. The van der Waals surface area contributed by atoms with Crippen molar-refractivity contribution < 1.29 is 4.79 Å². The monoisotopic (exact) mass is 221 g/mol. The summed E-state index contributed by atoms with van der Waals surface area (Å²) < 4.78 is 0. The van der Waals surface area contributed by atoms with Crippen LogP contribution in [0.5, 0.6) is 0 Å². The van der Waals surface area contributed by atoms with E-state index in [2.05, 4.69) is 4.99 Å². The van der Waals surface area contributed by atoms with Crippen molar-refractivity contribution in [3.8, 4) is 0 Å². The zero-order valence-electron chi connectivity index (χ0n) is 9.21. The van der Waals surface area contributed by atoms with E-state index in [0.29, 0.717) is 11.3 Å². The largest absolute Gasteiger partial charge is 0.287 e. The Morgan fingerprint density at radius 3 is 2.12 bits per heavy atom. The van der Waals surface area contributed by atoms with Crippen molar-refractivity contribution in [1.82, 2.24) is 0 Å². The number of ketones is 1. The van der Waals surface area contributed by atoms with E-state index < -0.39 is 0 Å². The van der Waals surface area contributed by atoms with Crippen molar-refractivity contribution >= 4 is 11.5 Å². The normalized spacial score (nSPS) is 17.4. The third-order valence-corrected chi connectivity index (χ3v) is 2.84. The molecule has 82 valence electrons. The van der Waals surface area contributed by atoms with Gasteiger partial charge in [-0.1, -0.05) is 60.7 Å². The molecule has 1 aliphatic heterocycles. The topological polar surface area (TPSA) is 29.4 Å². The Labute approximate surface area is 99.6 Å². The second kappa shape index (κ2) is 3.98. The highest BCUT2D eigenvalue weighted by Gasteiger charge is 2.35. The predicted octanol–water partition coefficient (Wildman–Crippen LogP) is 3.07. The fourth-order valence-electron chi connectivity index (χ4n) is 1.89. The van der Waals surface area contributed by atoms with Crippen LogP contribution in [0.15, 0.2) is 65.7 Å². The third-order valence-electron chi connectivity index (χ3n) is 2.84. The first kappa shape index (κ1) is 9.97. The summed E-state index contributed by atoms with van der Waals surface area (Å²) in [5.74, 6) is 0.0412. The summed E-state index contributed by atoms with van der Waals surface area (Å²) in [6, 6.07) is 19.2. The van der Waals surface area contributed by atoms with Crippen LogP contribution in [-0.2, 0) is 0 Å². The number of nitrogens with zero attached hydrogens (tertiary/aromatic N) is 1. The third kappa shape index (κ3) is 1.89. The van der Waals surface area contributed by atoms with Gasteiger partial charge in [-0.15, -0.1) is 0 Å². The molecule has 2 heteroatoms. The Kier molecular flexibility index (Phi) is 2.33. The van der Waals surface area contributed by atoms with Crippen LogP contribution >= 0.6 is 0 Å². The van der Waals surface area contributed by atoms with Crippen molar-refractivity contribution in [2.24, 2.45) is 4.99 Å². The summed E-state index contributed by atoms with van der Waals surface area (Å²) in [6.45, 7) is 0. The van der Waals surface area contributed by atoms with E-state index in [0.717, 1.165) is 5.56 Å². The molecule has 2 aromatic rings. The summed E-state index contributed by atoms with van der Waals surface area (Å²) in [7, 11) is 0. The fourth-order valence-corrected chi connectivity index (χ4v) is 1.89. The minimum atomic E-state index is -0.0242. The van der Waals surface area contributed by atoms with E-state index in [4.69, 9.17) is 0 Å². The summed E-state index contributed by atoms with van der Waals surface area (Å²) in [5.41, 5.74) is 2.47. The molecule has 1 unspecified atom stereocenters. The molecule has 1 aliphatic rings. The highest BCUT2D eigenvalue weighted by molar-refractivity contribution is 6.52. The van der Waals surface area contributed by atoms with Crippen LogP contribution in [0.3, 0.4) is 0 Å². The lowest BCUT2D eigenvalue weighted by Crippen LogP contribution is -2.07. The molecule has 0 spiro atoms. The number of rotatable bonds is 3. The van der Waals surface area contributed by atoms with E-state index in [1.807, 2.05) is 60.7 Å². The molecular weight excluding hydrogens is 210 g/mol. The van der Waals surface area contributed by atoms with E-state index in [1.165, 1.54) is 0 Å². The molecule has 17 heavy (non-hydrogen) atoms. The maximum absolute atomic E-state index is 12.1. The number of aliphatic imine (C=N–C) groups is 1. The van der Waals surface area contributed by atoms with Crippen LogP contribution in [0.1, 0.15) is 22.0 Å². The average Bonchev–Trinajstić information content (AvgIpc) is 3.20. The first-order chi connectivity index (χ1) is 8.36. The average molecular weight is 221 g/mol. The molecule has 0 saturated heterocycles. The van der Waals surface area contributed by atoms with Crippen molar-refractivity contribution in [3.63, 3.8) is 0 Å². The number of carbonyl (C=O) groups excluding carboxylic acids is 1. The second-order valence-corrected chi connectivity index (χ2v) is 4.02. The van der Waals surface area contributed by atoms with Crippen LogP contribution in [0.25, 0.3) is 0 Å². The molecule has 0 amide bonds. The minimum Gasteiger partial charge on any atom is -0.287 e. The number of hydrogen-bond donors (Lipinski definition) is 0. The Morgan fingerprint density at radius 1 is 0.882 bits per heavy atom. The van der Waals surface area contributed by atoms with Gasteiger partial charge in [0.15, 0.2) is 0 Å². The lowest BCUT2D eigenvalue weighted by molar-refractivity contribution is 0.106. The van der Waals surface area contributed by atoms with Crippen LogP contribution in [-0.4, -0.2) is 11.5 Å². The zero-order valence-corrected chi connectivity index (χ0v) is 9.21. The van der Waals surface area contributed by atoms with Gasteiger partial charge in [0.05, 0.1) is 0 Å². The number of hydrogen-bond acceptors (Lipinski definition) is 2. The number of benzene rings is 2. The molecule has 0 bridgehead atoms. The Hall–Kier alpha value is -2.22. The molecule has 0 fully saturated rings. The first-order valence-corrected chi connectivity index (χ1v) is 5.58. The van der Waals surface area contributed by atoms with Gasteiger partial charge >= 0.3 is 0 Å². The lowest BCUT2D eigenvalue weighted by Gasteiger charge is -1.97. The maximum atomic E-state index is 12.1. The van der Waals surface area contributed by atoms with Gasteiger partial charge in [0.1, 0.15) is 11.8 Å². The fraction of sp³-hybridized carbons (Fsp3) is 0.0667. The zero-order chi connectivity index (χ0) is 11.7. The molecule has 0 saturated carbocycles. The Bertz CT molecular complexity index is 572. The van der Waals surface area contributed by atoms with E-state index >= 15 is 0 Å². The molecule has 1 heterocycles.